The zero-order valence-electron chi connectivity index (χ0n) is 20.7. The van der Waals surface area contributed by atoms with Gasteiger partial charge in [-0.3, -0.25) is 0 Å². The molecule has 2 nitrogen and oxygen atoms in total. The Morgan fingerprint density at radius 3 is 2.14 bits per heavy atom. The Hall–Kier alpha value is -3.16. The van der Waals surface area contributed by atoms with Crippen LogP contribution in [-0.4, -0.2) is 12.4 Å². The number of rotatable bonds is 6. The fourth-order valence-corrected chi connectivity index (χ4v) is 5.71. The van der Waals surface area contributed by atoms with Crippen LogP contribution in [0.5, 0.6) is 0 Å². The van der Waals surface area contributed by atoms with Crippen molar-refractivity contribution in [2.24, 2.45) is 0 Å². The van der Waals surface area contributed by atoms with Crippen molar-refractivity contribution >= 4 is 21.7 Å². The summed E-state index contributed by atoms with van der Waals surface area (Å²) in [6.45, 7) is 4.78. The standard InChI is InChI=1S/C29H28F6N2/c1-27(2)23-18-37(15-6-13-29(33,34)35)24-8-4-3-7-21(24)25(23)22-10-9-19-17-36(14-5-12-28(30,31)32)16-11-20(19)26(22)27/h3-4,7-11,16-18H,5-6,12-15H2,1-2H3/q+2. The lowest BCUT2D eigenvalue weighted by Gasteiger charge is -2.22. The van der Waals surface area contributed by atoms with Crippen molar-refractivity contribution in [2.45, 2.75) is 70.4 Å². The Labute approximate surface area is 211 Å². The van der Waals surface area contributed by atoms with Gasteiger partial charge in [-0.2, -0.15) is 30.9 Å². The van der Waals surface area contributed by atoms with E-state index in [0.29, 0.717) is 0 Å². The Bertz CT molecular complexity index is 1480. The number of pyridine rings is 2. The highest BCUT2D eigenvalue weighted by Crippen LogP contribution is 2.52. The van der Waals surface area contributed by atoms with Crippen molar-refractivity contribution in [1.29, 1.82) is 0 Å². The van der Waals surface area contributed by atoms with Gasteiger partial charge in [-0.15, -0.1) is 0 Å². The number of aryl methyl sites for hydroxylation is 2. The molecule has 1 aliphatic rings. The summed E-state index contributed by atoms with van der Waals surface area (Å²) in [4.78, 5) is 0. The third-order valence-corrected chi connectivity index (χ3v) is 7.36. The van der Waals surface area contributed by atoms with Crippen LogP contribution in [0, 0.1) is 0 Å². The van der Waals surface area contributed by atoms with E-state index in [1.807, 2.05) is 59.6 Å². The molecular weight excluding hydrogens is 490 g/mol. The van der Waals surface area contributed by atoms with Crippen molar-refractivity contribution in [3.8, 4) is 11.1 Å². The quantitative estimate of drug-likeness (QED) is 0.184. The Balaban J connectivity index is 1.58. The van der Waals surface area contributed by atoms with Crippen LogP contribution in [0.1, 0.15) is 50.7 Å². The summed E-state index contributed by atoms with van der Waals surface area (Å²) in [6.07, 6.45) is -4.27. The summed E-state index contributed by atoms with van der Waals surface area (Å²) < 4.78 is 79.9. The molecule has 2 aromatic heterocycles. The van der Waals surface area contributed by atoms with Crippen LogP contribution in [0.15, 0.2) is 61.1 Å². The molecule has 0 bridgehead atoms. The number of benzene rings is 2. The predicted molar refractivity (Wildman–Crippen MR) is 130 cm³/mol. The Morgan fingerprint density at radius 1 is 0.757 bits per heavy atom. The zero-order chi connectivity index (χ0) is 26.6. The van der Waals surface area contributed by atoms with Gasteiger partial charge in [-0.1, -0.05) is 32.0 Å². The van der Waals surface area contributed by atoms with Gasteiger partial charge in [-0.05, 0) is 28.6 Å². The van der Waals surface area contributed by atoms with Gasteiger partial charge in [0.25, 0.3) is 0 Å². The van der Waals surface area contributed by atoms with Gasteiger partial charge >= 0.3 is 12.4 Å². The third kappa shape index (κ3) is 4.90. The van der Waals surface area contributed by atoms with E-state index in [2.05, 4.69) is 19.9 Å². The molecule has 0 unspecified atom stereocenters. The predicted octanol–water partition coefficient (Wildman–Crippen LogP) is 7.56. The van der Waals surface area contributed by atoms with E-state index in [1.165, 1.54) is 0 Å². The maximum atomic E-state index is 12.8. The van der Waals surface area contributed by atoms with E-state index in [0.717, 1.165) is 43.9 Å². The molecule has 5 rings (SSSR count). The number of hydrogen-bond donors (Lipinski definition) is 0. The molecule has 37 heavy (non-hydrogen) atoms. The topological polar surface area (TPSA) is 7.76 Å². The number of hydrogen-bond acceptors (Lipinski definition) is 0. The van der Waals surface area contributed by atoms with E-state index >= 15 is 0 Å². The van der Waals surface area contributed by atoms with Gasteiger partial charge < -0.3 is 0 Å². The number of fused-ring (bicyclic) bond motifs is 7. The van der Waals surface area contributed by atoms with Gasteiger partial charge in [0.05, 0.1) is 5.39 Å². The van der Waals surface area contributed by atoms with Gasteiger partial charge in [-0.25, -0.2) is 4.57 Å². The highest BCUT2D eigenvalue weighted by molar-refractivity contribution is 6.04. The molecule has 0 saturated heterocycles. The van der Waals surface area contributed by atoms with Gasteiger partial charge in [0, 0.05) is 59.7 Å². The number of para-hydroxylation sites is 1. The molecule has 0 atom stereocenters. The fourth-order valence-electron chi connectivity index (χ4n) is 5.71. The first-order chi connectivity index (χ1) is 17.4. The second-order valence-electron chi connectivity index (χ2n) is 10.4. The van der Waals surface area contributed by atoms with E-state index in [-0.39, 0.29) is 25.9 Å². The summed E-state index contributed by atoms with van der Waals surface area (Å²) in [7, 11) is 0. The molecule has 0 N–H and O–H groups in total. The molecule has 0 amide bonds. The highest BCUT2D eigenvalue weighted by atomic mass is 19.4. The second-order valence-corrected chi connectivity index (χ2v) is 10.4. The average Bonchev–Trinajstić information content (AvgIpc) is 3.04. The minimum Gasteiger partial charge on any atom is -0.204 e. The maximum absolute atomic E-state index is 12.8. The first-order valence-corrected chi connectivity index (χ1v) is 12.4. The van der Waals surface area contributed by atoms with Crippen LogP contribution in [0.3, 0.4) is 0 Å². The molecule has 0 spiro atoms. The van der Waals surface area contributed by atoms with Crippen LogP contribution < -0.4 is 9.13 Å². The first-order valence-electron chi connectivity index (χ1n) is 12.4. The minimum atomic E-state index is -4.19. The second kappa shape index (κ2) is 8.99. The summed E-state index contributed by atoms with van der Waals surface area (Å²) in [5.41, 5.74) is 4.83. The molecule has 2 heterocycles. The maximum Gasteiger partial charge on any atom is 0.389 e. The molecule has 0 radical (unpaired) electrons. The number of alkyl halides is 6. The van der Waals surface area contributed by atoms with Crippen molar-refractivity contribution < 1.29 is 35.5 Å². The summed E-state index contributed by atoms with van der Waals surface area (Å²) in [5, 5.41) is 2.96. The summed E-state index contributed by atoms with van der Waals surface area (Å²) in [5.74, 6) is 0. The Morgan fingerprint density at radius 2 is 1.43 bits per heavy atom. The lowest BCUT2D eigenvalue weighted by Crippen LogP contribution is -2.37. The molecule has 0 saturated carbocycles. The SMILES string of the molecule is CC1(C)c2c[n+](CCCC(F)(F)F)c3ccccc3c2-c2ccc3c[n+](CCCC(F)(F)F)ccc3c21. The molecule has 1 aliphatic carbocycles. The molecule has 194 valence electrons. The number of halogens is 6. The zero-order valence-corrected chi connectivity index (χ0v) is 20.7. The van der Waals surface area contributed by atoms with E-state index in [9.17, 15) is 26.3 Å². The largest absolute Gasteiger partial charge is 0.389 e. The van der Waals surface area contributed by atoms with Crippen molar-refractivity contribution in [3.05, 3.63) is 72.2 Å². The Kier molecular flexibility index (Phi) is 6.20. The molecule has 4 aromatic rings. The van der Waals surface area contributed by atoms with E-state index in [1.54, 1.807) is 4.57 Å². The van der Waals surface area contributed by atoms with Crippen molar-refractivity contribution in [1.82, 2.24) is 0 Å². The first kappa shape index (κ1) is 25.5. The normalized spacial score (nSPS) is 14.8. The van der Waals surface area contributed by atoms with Crippen LogP contribution in [0.2, 0.25) is 0 Å². The van der Waals surface area contributed by atoms with Gasteiger partial charge in [0.15, 0.2) is 18.6 Å². The van der Waals surface area contributed by atoms with Crippen LogP contribution in [0.25, 0.3) is 32.8 Å². The summed E-state index contributed by atoms with van der Waals surface area (Å²) >= 11 is 0. The van der Waals surface area contributed by atoms with Crippen LogP contribution in [0.4, 0.5) is 26.3 Å². The van der Waals surface area contributed by atoms with Crippen molar-refractivity contribution in [2.75, 3.05) is 0 Å². The number of nitrogens with zero attached hydrogens (tertiary/aromatic N) is 2. The average molecular weight is 519 g/mol. The molecular formula is C29H28F6N2+2. The van der Waals surface area contributed by atoms with Crippen LogP contribution in [-0.2, 0) is 18.5 Å². The van der Waals surface area contributed by atoms with Crippen molar-refractivity contribution in [3.63, 3.8) is 0 Å². The molecule has 0 fully saturated rings. The molecule has 8 heteroatoms. The third-order valence-electron chi connectivity index (χ3n) is 7.36. The highest BCUT2D eigenvalue weighted by Gasteiger charge is 2.41. The van der Waals surface area contributed by atoms with E-state index < -0.39 is 30.6 Å². The fraction of sp³-hybridized carbons (Fsp3) is 0.379. The smallest absolute Gasteiger partial charge is 0.204 e. The molecule has 0 aliphatic heterocycles. The minimum absolute atomic E-state index is 0.00158. The van der Waals surface area contributed by atoms with E-state index in [4.69, 9.17) is 0 Å². The summed E-state index contributed by atoms with van der Waals surface area (Å²) in [6, 6.07) is 13.8. The lowest BCUT2D eigenvalue weighted by molar-refractivity contribution is -0.696. The van der Waals surface area contributed by atoms with Gasteiger partial charge in [0.1, 0.15) is 13.1 Å². The van der Waals surface area contributed by atoms with Gasteiger partial charge in [0.2, 0.25) is 5.52 Å². The number of aromatic nitrogens is 2. The lowest BCUT2D eigenvalue weighted by atomic mass is 9.81. The monoisotopic (exact) mass is 518 g/mol. The van der Waals surface area contributed by atoms with Crippen LogP contribution >= 0.6 is 0 Å². The molecule has 2 aromatic carbocycles.